The highest BCUT2D eigenvalue weighted by Gasteiger charge is 2.12. The van der Waals surface area contributed by atoms with Crippen molar-refractivity contribution in [3.63, 3.8) is 0 Å². The Morgan fingerprint density at radius 1 is 1.17 bits per heavy atom. The number of H-pyrrole nitrogens is 1. The van der Waals surface area contributed by atoms with Crippen molar-refractivity contribution < 1.29 is 4.79 Å². The molecule has 3 aromatic rings. The van der Waals surface area contributed by atoms with Crippen LogP contribution in [0.2, 0.25) is 10.0 Å². The normalized spacial score (nSPS) is 10.9. The molecular weight excluding hydrogens is 349 g/mol. The number of hydrogen-bond acceptors (Lipinski definition) is 4. The first-order valence-corrected chi connectivity index (χ1v) is 7.63. The van der Waals surface area contributed by atoms with Gasteiger partial charge in [0.1, 0.15) is 5.69 Å². The van der Waals surface area contributed by atoms with Crippen LogP contribution >= 0.6 is 23.2 Å². The number of pyridine rings is 1. The lowest BCUT2D eigenvalue weighted by molar-refractivity contribution is 0.0950. The Morgan fingerprint density at radius 2 is 1.96 bits per heavy atom. The van der Waals surface area contributed by atoms with Crippen LogP contribution in [0.15, 0.2) is 53.9 Å². The molecule has 0 bridgehead atoms. The van der Waals surface area contributed by atoms with Gasteiger partial charge in [-0.1, -0.05) is 23.2 Å². The van der Waals surface area contributed by atoms with Crippen LogP contribution < -0.4 is 5.43 Å². The van der Waals surface area contributed by atoms with Crippen LogP contribution in [0.5, 0.6) is 0 Å². The lowest BCUT2D eigenvalue weighted by atomic mass is 10.1. The first-order chi connectivity index (χ1) is 11.6. The minimum Gasteiger partial charge on any atom is -0.272 e. The van der Waals surface area contributed by atoms with E-state index in [4.69, 9.17) is 23.2 Å². The predicted molar refractivity (Wildman–Crippen MR) is 93.3 cm³/mol. The van der Waals surface area contributed by atoms with Crippen LogP contribution in [0.25, 0.3) is 11.3 Å². The molecule has 3 rings (SSSR count). The fourth-order valence-electron chi connectivity index (χ4n) is 1.95. The van der Waals surface area contributed by atoms with Crippen LogP contribution in [0.3, 0.4) is 0 Å². The molecule has 2 N–H and O–H groups in total. The molecule has 0 saturated carbocycles. The van der Waals surface area contributed by atoms with Crippen molar-refractivity contribution in [2.45, 2.75) is 0 Å². The largest absolute Gasteiger partial charge is 0.289 e. The van der Waals surface area contributed by atoms with Crippen LogP contribution in [-0.4, -0.2) is 27.3 Å². The van der Waals surface area contributed by atoms with Crippen LogP contribution in [0.1, 0.15) is 16.1 Å². The third-order valence-electron chi connectivity index (χ3n) is 3.12. The maximum atomic E-state index is 12.1. The number of aromatic amines is 1. The molecule has 0 unspecified atom stereocenters. The fraction of sp³-hybridized carbons (Fsp3) is 0. The quantitative estimate of drug-likeness (QED) is 0.551. The number of nitrogens with one attached hydrogen (secondary N) is 2. The van der Waals surface area contributed by atoms with E-state index in [-0.39, 0.29) is 5.69 Å². The molecule has 24 heavy (non-hydrogen) atoms. The Hall–Kier alpha value is -2.70. The zero-order valence-electron chi connectivity index (χ0n) is 12.2. The minimum atomic E-state index is -0.413. The van der Waals surface area contributed by atoms with E-state index < -0.39 is 5.91 Å². The molecule has 0 atom stereocenters. The summed E-state index contributed by atoms with van der Waals surface area (Å²) in [5.41, 5.74) is 4.73. The fourth-order valence-corrected chi connectivity index (χ4v) is 2.45. The van der Waals surface area contributed by atoms with E-state index in [2.05, 4.69) is 25.7 Å². The van der Waals surface area contributed by atoms with Gasteiger partial charge in [-0.3, -0.25) is 14.9 Å². The highest BCUT2D eigenvalue weighted by molar-refractivity contribution is 6.36. The van der Waals surface area contributed by atoms with E-state index in [1.165, 1.54) is 6.21 Å². The zero-order chi connectivity index (χ0) is 16.9. The van der Waals surface area contributed by atoms with Crippen molar-refractivity contribution in [3.05, 3.63) is 70.1 Å². The minimum absolute atomic E-state index is 0.267. The first kappa shape index (κ1) is 16.2. The van der Waals surface area contributed by atoms with Crippen molar-refractivity contribution in [2.24, 2.45) is 5.10 Å². The molecule has 2 heterocycles. The van der Waals surface area contributed by atoms with E-state index in [0.717, 1.165) is 5.56 Å². The Labute approximate surface area is 147 Å². The number of carbonyl (C=O) groups excluding carboxylic acids is 1. The second-order valence-corrected chi connectivity index (χ2v) is 5.61. The summed E-state index contributed by atoms with van der Waals surface area (Å²) in [7, 11) is 0. The second kappa shape index (κ2) is 7.25. The molecular formula is C16H11Cl2N5O. The SMILES string of the molecule is O=C(N/N=C\c1ccncc1)c1cc(-c2ccc(Cl)cc2Cl)n[nH]1. The Morgan fingerprint density at radius 3 is 2.71 bits per heavy atom. The Balaban J connectivity index is 1.71. The van der Waals surface area contributed by atoms with Crippen LogP contribution in [-0.2, 0) is 0 Å². The van der Waals surface area contributed by atoms with Gasteiger partial charge in [0, 0.05) is 23.0 Å². The monoisotopic (exact) mass is 359 g/mol. The summed E-state index contributed by atoms with van der Waals surface area (Å²) in [6.07, 6.45) is 4.80. The van der Waals surface area contributed by atoms with Gasteiger partial charge in [0.05, 0.1) is 16.9 Å². The van der Waals surface area contributed by atoms with Gasteiger partial charge < -0.3 is 0 Å². The number of hydrazone groups is 1. The highest BCUT2D eigenvalue weighted by atomic mass is 35.5. The lowest BCUT2D eigenvalue weighted by Crippen LogP contribution is -2.17. The van der Waals surface area contributed by atoms with Crippen molar-refractivity contribution in [2.75, 3.05) is 0 Å². The van der Waals surface area contributed by atoms with Crippen molar-refractivity contribution in [3.8, 4) is 11.3 Å². The summed E-state index contributed by atoms with van der Waals surface area (Å²) in [6.45, 7) is 0. The molecule has 120 valence electrons. The molecule has 0 aliphatic rings. The summed E-state index contributed by atoms with van der Waals surface area (Å²) in [4.78, 5) is 16.0. The van der Waals surface area contributed by atoms with E-state index in [0.29, 0.717) is 21.3 Å². The van der Waals surface area contributed by atoms with Crippen molar-refractivity contribution in [1.29, 1.82) is 0 Å². The molecule has 0 fully saturated rings. The number of halogens is 2. The molecule has 0 radical (unpaired) electrons. The number of benzene rings is 1. The lowest BCUT2D eigenvalue weighted by Gasteiger charge is -2.00. The van der Waals surface area contributed by atoms with E-state index in [1.54, 1.807) is 48.8 Å². The number of rotatable bonds is 4. The molecule has 0 spiro atoms. The van der Waals surface area contributed by atoms with Gasteiger partial charge in [-0.2, -0.15) is 10.2 Å². The Bertz CT molecular complexity index is 892. The summed E-state index contributed by atoms with van der Waals surface area (Å²) in [6, 6.07) is 10.2. The number of nitrogens with zero attached hydrogens (tertiary/aromatic N) is 3. The maximum Gasteiger partial charge on any atom is 0.289 e. The first-order valence-electron chi connectivity index (χ1n) is 6.88. The second-order valence-electron chi connectivity index (χ2n) is 4.77. The van der Waals surface area contributed by atoms with Gasteiger partial charge >= 0.3 is 0 Å². The topological polar surface area (TPSA) is 83.0 Å². The van der Waals surface area contributed by atoms with E-state index >= 15 is 0 Å². The van der Waals surface area contributed by atoms with E-state index in [1.807, 2.05) is 0 Å². The van der Waals surface area contributed by atoms with Gasteiger partial charge in [-0.15, -0.1) is 0 Å². The van der Waals surface area contributed by atoms with Gasteiger partial charge in [-0.05, 0) is 42.0 Å². The molecule has 6 nitrogen and oxygen atoms in total. The highest BCUT2D eigenvalue weighted by Crippen LogP contribution is 2.29. The number of hydrogen-bond donors (Lipinski definition) is 2. The van der Waals surface area contributed by atoms with Gasteiger partial charge in [0.15, 0.2) is 0 Å². The summed E-state index contributed by atoms with van der Waals surface area (Å²) in [5.74, 6) is -0.413. The number of aromatic nitrogens is 3. The number of amides is 1. The summed E-state index contributed by atoms with van der Waals surface area (Å²) >= 11 is 12.0. The zero-order valence-corrected chi connectivity index (χ0v) is 13.7. The molecule has 1 amide bonds. The predicted octanol–water partition coefficient (Wildman–Crippen LogP) is 3.54. The van der Waals surface area contributed by atoms with E-state index in [9.17, 15) is 4.79 Å². The molecule has 0 saturated heterocycles. The molecule has 1 aromatic carbocycles. The van der Waals surface area contributed by atoms with Crippen molar-refractivity contribution in [1.82, 2.24) is 20.6 Å². The molecule has 0 aliphatic heterocycles. The standard InChI is InChI=1S/C16H11Cl2N5O/c17-11-1-2-12(13(18)7-11)14-8-15(22-21-14)16(24)23-20-9-10-3-5-19-6-4-10/h1-9H,(H,21,22)(H,23,24)/b20-9-. The Kier molecular flexibility index (Phi) is 4.88. The maximum absolute atomic E-state index is 12.1. The summed E-state index contributed by atoms with van der Waals surface area (Å²) in [5, 5.41) is 11.6. The average Bonchev–Trinajstić information content (AvgIpc) is 3.05. The van der Waals surface area contributed by atoms with Crippen molar-refractivity contribution >= 4 is 35.3 Å². The summed E-state index contributed by atoms with van der Waals surface area (Å²) < 4.78 is 0. The average molecular weight is 360 g/mol. The molecule has 0 aliphatic carbocycles. The van der Waals surface area contributed by atoms with Gasteiger partial charge in [0.2, 0.25) is 0 Å². The van der Waals surface area contributed by atoms with Gasteiger partial charge in [-0.25, -0.2) is 5.43 Å². The van der Waals surface area contributed by atoms with Crippen LogP contribution in [0, 0.1) is 0 Å². The smallest absolute Gasteiger partial charge is 0.272 e. The molecule has 2 aromatic heterocycles. The van der Waals surface area contributed by atoms with Gasteiger partial charge in [0.25, 0.3) is 5.91 Å². The molecule has 8 heteroatoms. The third-order valence-corrected chi connectivity index (χ3v) is 3.66. The van der Waals surface area contributed by atoms with Crippen LogP contribution in [0.4, 0.5) is 0 Å². The number of carbonyl (C=O) groups is 1. The third kappa shape index (κ3) is 3.79.